The number of hydrogen-bond acceptors (Lipinski definition) is 2. The van der Waals surface area contributed by atoms with Crippen molar-refractivity contribution in [3.05, 3.63) is 42.2 Å². The molecule has 4 rings (SSSR count). The van der Waals surface area contributed by atoms with Gasteiger partial charge in [0.1, 0.15) is 5.82 Å². The van der Waals surface area contributed by atoms with Gasteiger partial charge in [0, 0.05) is 0 Å². The van der Waals surface area contributed by atoms with Crippen molar-refractivity contribution < 1.29 is 19.1 Å². The third kappa shape index (κ3) is 1.68. The number of anilines is 1. The van der Waals surface area contributed by atoms with Gasteiger partial charge in [-0.05, 0) is 42.2 Å². The molecule has 2 fully saturated rings. The number of carboxylic acids is 1. The molecule has 1 aromatic rings. The molecule has 22 heavy (non-hydrogen) atoms. The van der Waals surface area contributed by atoms with Gasteiger partial charge in [0.2, 0.25) is 5.91 Å². The molecule has 3 aliphatic rings. The van der Waals surface area contributed by atoms with Crippen molar-refractivity contribution in [1.82, 2.24) is 0 Å². The lowest BCUT2D eigenvalue weighted by Crippen LogP contribution is -2.36. The summed E-state index contributed by atoms with van der Waals surface area (Å²) in [6.45, 7) is 0. The van der Waals surface area contributed by atoms with Crippen molar-refractivity contribution in [3.8, 4) is 0 Å². The Bertz CT molecular complexity index is 695. The third-order valence-electron chi connectivity index (χ3n) is 5.56. The van der Waals surface area contributed by atoms with E-state index in [-0.39, 0.29) is 28.8 Å². The van der Waals surface area contributed by atoms with Crippen LogP contribution in [-0.4, -0.2) is 17.0 Å². The number of benzene rings is 1. The second kappa shape index (κ2) is 4.41. The van der Waals surface area contributed by atoms with Gasteiger partial charge in [-0.15, -0.1) is 0 Å². The highest BCUT2D eigenvalue weighted by Crippen LogP contribution is 2.72. The van der Waals surface area contributed by atoms with Crippen LogP contribution < -0.4 is 5.32 Å². The Morgan fingerprint density at radius 3 is 2.36 bits per heavy atom. The number of para-hydroxylation sites is 1. The van der Waals surface area contributed by atoms with Crippen LogP contribution in [0.1, 0.15) is 12.8 Å². The van der Waals surface area contributed by atoms with Crippen LogP contribution in [0.4, 0.5) is 10.1 Å². The molecule has 0 radical (unpaired) electrons. The van der Waals surface area contributed by atoms with E-state index in [4.69, 9.17) is 0 Å². The van der Waals surface area contributed by atoms with Crippen molar-refractivity contribution in [3.63, 3.8) is 0 Å². The highest BCUT2D eigenvalue weighted by molar-refractivity contribution is 5.96. The van der Waals surface area contributed by atoms with Gasteiger partial charge < -0.3 is 10.4 Å². The summed E-state index contributed by atoms with van der Waals surface area (Å²) in [6, 6.07) is 5.94. The monoisotopic (exact) mass is 301 g/mol. The Morgan fingerprint density at radius 2 is 1.77 bits per heavy atom. The largest absolute Gasteiger partial charge is 0.481 e. The van der Waals surface area contributed by atoms with Gasteiger partial charge in [0.05, 0.1) is 17.5 Å². The minimum absolute atomic E-state index is 0.0275. The van der Waals surface area contributed by atoms with Gasteiger partial charge >= 0.3 is 5.97 Å². The lowest BCUT2D eigenvalue weighted by Gasteiger charge is -2.23. The summed E-state index contributed by atoms with van der Waals surface area (Å²) >= 11 is 0. The van der Waals surface area contributed by atoms with E-state index in [1.807, 2.05) is 12.2 Å². The number of hydrogen-bond donors (Lipinski definition) is 2. The predicted molar refractivity (Wildman–Crippen MR) is 77.4 cm³/mol. The first kappa shape index (κ1) is 13.5. The fourth-order valence-corrected chi connectivity index (χ4v) is 4.47. The summed E-state index contributed by atoms with van der Waals surface area (Å²) in [5.74, 6) is -3.25. The molecule has 1 aromatic carbocycles. The topological polar surface area (TPSA) is 66.4 Å². The van der Waals surface area contributed by atoms with E-state index in [2.05, 4.69) is 5.32 Å². The summed E-state index contributed by atoms with van der Waals surface area (Å²) in [4.78, 5) is 24.3. The molecule has 0 aromatic heterocycles. The van der Waals surface area contributed by atoms with Crippen LogP contribution in [0, 0.1) is 34.9 Å². The normalized spacial score (nSPS) is 33.1. The molecule has 5 heteroatoms. The number of carbonyl (C=O) groups excluding carboxylic acids is 1. The standard InChI is InChI=1S/C17H16FNO3/c18-11-3-1-2-4-12(11)19-15(20)13-9-5-6-10(14(13)16(21)22)17(9)7-8-17/h1-6,9-10,13-14H,7-8H2,(H,19,20)(H,21,22)/t9-,10+,13+,14-/m0/s1. The summed E-state index contributed by atoms with van der Waals surface area (Å²) in [5, 5.41) is 12.1. The van der Waals surface area contributed by atoms with Crippen molar-refractivity contribution in [2.24, 2.45) is 29.1 Å². The second-order valence-corrected chi connectivity index (χ2v) is 6.53. The quantitative estimate of drug-likeness (QED) is 0.844. The predicted octanol–water partition coefficient (Wildman–Crippen LogP) is 2.68. The molecular weight excluding hydrogens is 285 g/mol. The number of nitrogens with one attached hydrogen (secondary N) is 1. The smallest absolute Gasteiger partial charge is 0.307 e. The van der Waals surface area contributed by atoms with Crippen LogP contribution in [0.2, 0.25) is 0 Å². The fraction of sp³-hybridized carbons (Fsp3) is 0.412. The Balaban J connectivity index is 1.64. The number of aliphatic carboxylic acids is 1. The van der Waals surface area contributed by atoms with E-state index in [0.717, 1.165) is 12.8 Å². The SMILES string of the molecule is O=C(O)[C@@H]1[C@H](C(=O)Nc2ccccc2F)[C@@H]2C=C[C@H]1C21CC1. The van der Waals surface area contributed by atoms with Crippen molar-refractivity contribution >= 4 is 17.6 Å². The van der Waals surface area contributed by atoms with Crippen LogP contribution >= 0.6 is 0 Å². The number of carbonyl (C=O) groups is 2. The minimum Gasteiger partial charge on any atom is -0.481 e. The zero-order chi connectivity index (χ0) is 15.5. The van der Waals surface area contributed by atoms with E-state index in [1.54, 1.807) is 12.1 Å². The van der Waals surface area contributed by atoms with Gasteiger partial charge in [0.25, 0.3) is 0 Å². The molecule has 0 heterocycles. The van der Waals surface area contributed by atoms with E-state index < -0.39 is 23.6 Å². The number of carboxylic acid groups (broad SMARTS) is 1. The number of halogens is 1. The molecule has 1 spiro atoms. The van der Waals surface area contributed by atoms with Crippen LogP contribution in [0.5, 0.6) is 0 Å². The molecule has 2 saturated carbocycles. The van der Waals surface area contributed by atoms with Crippen LogP contribution in [0.15, 0.2) is 36.4 Å². The Labute approximate surface area is 127 Å². The molecule has 3 aliphatic carbocycles. The average Bonchev–Trinajstić information content (AvgIpc) is 3.15. The maximum Gasteiger partial charge on any atom is 0.307 e. The van der Waals surface area contributed by atoms with Crippen molar-refractivity contribution in [2.45, 2.75) is 12.8 Å². The molecule has 4 atom stereocenters. The molecular formula is C17H16FNO3. The number of allylic oxidation sites excluding steroid dienone is 2. The van der Waals surface area contributed by atoms with Gasteiger partial charge in [0.15, 0.2) is 0 Å². The highest BCUT2D eigenvalue weighted by atomic mass is 19.1. The van der Waals surface area contributed by atoms with E-state index in [0.29, 0.717) is 0 Å². The number of amides is 1. The molecule has 0 aliphatic heterocycles. The molecule has 2 N–H and O–H groups in total. The summed E-state index contributed by atoms with van der Waals surface area (Å²) in [5.41, 5.74) is 0.0774. The number of rotatable bonds is 3. The second-order valence-electron chi connectivity index (χ2n) is 6.53. The molecule has 114 valence electrons. The lowest BCUT2D eigenvalue weighted by molar-refractivity contribution is -0.146. The van der Waals surface area contributed by atoms with Crippen molar-refractivity contribution in [2.75, 3.05) is 5.32 Å². The molecule has 0 unspecified atom stereocenters. The molecule has 4 nitrogen and oxygen atoms in total. The van der Waals surface area contributed by atoms with Gasteiger partial charge in [-0.1, -0.05) is 24.3 Å². The summed E-state index contributed by atoms with van der Waals surface area (Å²) < 4.78 is 13.7. The first-order valence-corrected chi connectivity index (χ1v) is 7.51. The average molecular weight is 301 g/mol. The van der Waals surface area contributed by atoms with Crippen molar-refractivity contribution in [1.29, 1.82) is 0 Å². The van der Waals surface area contributed by atoms with E-state index >= 15 is 0 Å². The maximum absolute atomic E-state index is 13.7. The lowest BCUT2D eigenvalue weighted by atomic mass is 9.82. The third-order valence-corrected chi connectivity index (χ3v) is 5.56. The Morgan fingerprint density at radius 1 is 1.14 bits per heavy atom. The Kier molecular flexibility index (Phi) is 2.71. The molecule has 2 bridgehead atoms. The van der Waals surface area contributed by atoms with E-state index in [1.165, 1.54) is 12.1 Å². The first-order chi connectivity index (χ1) is 10.5. The van der Waals surface area contributed by atoms with Gasteiger partial charge in [-0.25, -0.2) is 4.39 Å². The minimum atomic E-state index is -0.934. The summed E-state index contributed by atoms with van der Waals surface area (Å²) in [6.07, 6.45) is 5.90. The van der Waals surface area contributed by atoms with Crippen LogP contribution in [-0.2, 0) is 9.59 Å². The fourth-order valence-electron chi connectivity index (χ4n) is 4.47. The highest BCUT2D eigenvalue weighted by Gasteiger charge is 2.70. The molecule has 1 amide bonds. The zero-order valence-corrected chi connectivity index (χ0v) is 11.8. The van der Waals surface area contributed by atoms with Gasteiger partial charge in [-0.2, -0.15) is 0 Å². The van der Waals surface area contributed by atoms with Crippen LogP contribution in [0.25, 0.3) is 0 Å². The van der Waals surface area contributed by atoms with Gasteiger partial charge in [-0.3, -0.25) is 9.59 Å². The molecule has 0 saturated heterocycles. The summed E-state index contributed by atoms with van der Waals surface area (Å²) in [7, 11) is 0. The van der Waals surface area contributed by atoms with E-state index in [9.17, 15) is 19.1 Å². The zero-order valence-electron chi connectivity index (χ0n) is 11.8. The Hall–Kier alpha value is -2.17. The van der Waals surface area contributed by atoms with Crippen LogP contribution in [0.3, 0.4) is 0 Å². The first-order valence-electron chi connectivity index (χ1n) is 7.51. The maximum atomic E-state index is 13.7.